The summed E-state index contributed by atoms with van der Waals surface area (Å²) in [5.74, 6) is 0. The summed E-state index contributed by atoms with van der Waals surface area (Å²) < 4.78 is 2.41. The highest BCUT2D eigenvalue weighted by atomic mass is 15.1. The molecule has 0 amide bonds. The molecule has 0 spiro atoms. The number of nitrogens with zero attached hydrogens (tertiary/aromatic N) is 2. The van der Waals surface area contributed by atoms with Crippen LogP contribution in [0.1, 0.15) is 0 Å². The van der Waals surface area contributed by atoms with Gasteiger partial charge in [-0.15, -0.1) is 0 Å². The van der Waals surface area contributed by atoms with Crippen LogP contribution in [0.2, 0.25) is 0 Å². The molecule has 320 valence electrons. The predicted molar refractivity (Wildman–Crippen MR) is 288 cm³/mol. The second-order valence-corrected chi connectivity index (χ2v) is 17.4. The lowest BCUT2D eigenvalue weighted by Gasteiger charge is -2.26. The van der Waals surface area contributed by atoms with E-state index in [1.807, 2.05) is 0 Å². The molecule has 0 radical (unpaired) electrons. The van der Waals surface area contributed by atoms with E-state index in [0.717, 1.165) is 22.7 Å². The zero-order valence-electron chi connectivity index (χ0n) is 37.5. The third-order valence-electron chi connectivity index (χ3n) is 13.2. The summed E-state index contributed by atoms with van der Waals surface area (Å²) >= 11 is 0. The fourth-order valence-electron chi connectivity index (χ4n) is 9.72. The van der Waals surface area contributed by atoms with E-state index >= 15 is 0 Å². The van der Waals surface area contributed by atoms with Gasteiger partial charge in [0.05, 0.1) is 11.0 Å². The Hall–Kier alpha value is -8.98. The summed E-state index contributed by atoms with van der Waals surface area (Å²) in [4.78, 5) is 2.34. The molecule has 0 bridgehead atoms. The number of hydrogen-bond acceptors (Lipinski definition) is 1. The van der Waals surface area contributed by atoms with Crippen molar-refractivity contribution in [2.24, 2.45) is 0 Å². The van der Waals surface area contributed by atoms with Crippen LogP contribution >= 0.6 is 0 Å². The molecule has 2 heteroatoms. The van der Waals surface area contributed by atoms with Crippen LogP contribution in [0.15, 0.2) is 279 Å². The van der Waals surface area contributed by atoms with Crippen LogP contribution in [0, 0.1) is 0 Å². The Morgan fingerprint density at radius 2 is 0.471 bits per heavy atom. The van der Waals surface area contributed by atoms with Gasteiger partial charge in [-0.2, -0.15) is 0 Å². The van der Waals surface area contributed by atoms with Crippen molar-refractivity contribution in [1.82, 2.24) is 4.57 Å². The van der Waals surface area contributed by atoms with E-state index < -0.39 is 0 Å². The van der Waals surface area contributed by atoms with Crippen molar-refractivity contribution < 1.29 is 0 Å². The third kappa shape index (κ3) is 7.85. The van der Waals surface area contributed by atoms with Crippen LogP contribution in [0.3, 0.4) is 0 Å². The molecular weight excluding hydrogens is 821 g/mol. The zero-order chi connectivity index (χ0) is 45.2. The van der Waals surface area contributed by atoms with Gasteiger partial charge in [0.1, 0.15) is 0 Å². The van der Waals surface area contributed by atoms with Crippen LogP contribution in [-0.2, 0) is 0 Å². The standard InChI is InChI=1S/C66H46N2/c1-5-14-47(15-6-1)51-24-34-59(35-25-51)67(60-36-26-52(27-37-60)48-16-7-2-8-17-48)61-38-28-53(29-39-61)55-22-13-23-56(44-55)54-30-40-62(41-31-54)68-65-42-32-57(49-18-9-3-10-19-49)45-63(65)64-46-58(33-43-66(64)68)50-20-11-4-12-21-50/h1-46H. The number of aromatic nitrogens is 1. The number of rotatable bonds is 10. The molecule has 0 N–H and O–H groups in total. The minimum Gasteiger partial charge on any atom is -0.311 e. The van der Waals surface area contributed by atoms with Crippen molar-refractivity contribution in [3.63, 3.8) is 0 Å². The molecule has 12 rings (SSSR count). The molecule has 11 aromatic carbocycles. The maximum Gasteiger partial charge on any atom is 0.0541 e. The molecule has 0 saturated carbocycles. The van der Waals surface area contributed by atoms with Gasteiger partial charge in [0.15, 0.2) is 0 Å². The second-order valence-electron chi connectivity index (χ2n) is 17.4. The van der Waals surface area contributed by atoms with Crippen molar-refractivity contribution in [3.05, 3.63) is 279 Å². The normalized spacial score (nSPS) is 11.2. The molecule has 68 heavy (non-hydrogen) atoms. The van der Waals surface area contributed by atoms with Gasteiger partial charge in [-0.25, -0.2) is 0 Å². The highest BCUT2D eigenvalue weighted by Crippen LogP contribution is 2.40. The predicted octanol–water partition coefficient (Wildman–Crippen LogP) is 18.3. The lowest BCUT2D eigenvalue weighted by Crippen LogP contribution is -2.09. The first-order valence-corrected chi connectivity index (χ1v) is 23.3. The van der Waals surface area contributed by atoms with Crippen LogP contribution < -0.4 is 4.90 Å². The molecule has 0 atom stereocenters. The average molecular weight is 867 g/mol. The van der Waals surface area contributed by atoms with E-state index in [9.17, 15) is 0 Å². The van der Waals surface area contributed by atoms with E-state index in [0.29, 0.717) is 0 Å². The molecule has 1 aromatic heterocycles. The Kier molecular flexibility index (Phi) is 10.6. The van der Waals surface area contributed by atoms with Crippen molar-refractivity contribution >= 4 is 38.9 Å². The Morgan fingerprint density at radius 1 is 0.206 bits per heavy atom. The lowest BCUT2D eigenvalue weighted by atomic mass is 9.98. The first-order chi connectivity index (χ1) is 33.7. The van der Waals surface area contributed by atoms with Gasteiger partial charge in [0, 0.05) is 33.5 Å². The fourth-order valence-corrected chi connectivity index (χ4v) is 9.72. The average Bonchev–Trinajstić information content (AvgIpc) is 3.75. The van der Waals surface area contributed by atoms with Crippen molar-refractivity contribution in [2.45, 2.75) is 0 Å². The quantitative estimate of drug-likeness (QED) is 0.133. The summed E-state index contributed by atoms with van der Waals surface area (Å²) in [6.07, 6.45) is 0. The molecule has 0 aliphatic rings. The largest absolute Gasteiger partial charge is 0.311 e. The number of benzene rings is 11. The number of fused-ring (bicyclic) bond motifs is 3. The summed E-state index contributed by atoms with van der Waals surface area (Å²) in [5, 5.41) is 2.49. The SMILES string of the molecule is c1ccc(-c2ccc(N(c3ccc(-c4ccccc4)cc3)c3ccc(-c4cccc(-c5ccc(-n6c7ccc(-c8ccccc8)cc7c7cc(-c8ccccc8)ccc76)cc5)c4)cc3)cc2)cc1. The molecule has 0 saturated heterocycles. The highest BCUT2D eigenvalue weighted by Gasteiger charge is 2.17. The van der Waals surface area contributed by atoms with E-state index in [4.69, 9.17) is 0 Å². The van der Waals surface area contributed by atoms with Gasteiger partial charge in [-0.05, 0) is 146 Å². The molecule has 0 aliphatic carbocycles. The summed E-state index contributed by atoms with van der Waals surface area (Å²) in [6.45, 7) is 0. The lowest BCUT2D eigenvalue weighted by molar-refractivity contribution is 1.18. The van der Waals surface area contributed by atoms with Crippen molar-refractivity contribution in [2.75, 3.05) is 4.90 Å². The van der Waals surface area contributed by atoms with Crippen LogP contribution in [-0.4, -0.2) is 4.57 Å². The summed E-state index contributed by atoms with van der Waals surface area (Å²) in [7, 11) is 0. The molecule has 0 aliphatic heterocycles. The minimum atomic E-state index is 1.10. The van der Waals surface area contributed by atoms with Gasteiger partial charge >= 0.3 is 0 Å². The van der Waals surface area contributed by atoms with Crippen LogP contribution in [0.4, 0.5) is 17.1 Å². The molecular formula is C66H46N2. The van der Waals surface area contributed by atoms with Gasteiger partial charge in [0.25, 0.3) is 0 Å². The van der Waals surface area contributed by atoms with E-state index in [1.165, 1.54) is 88.6 Å². The van der Waals surface area contributed by atoms with Gasteiger partial charge in [0.2, 0.25) is 0 Å². The van der Waals surface area contributed by atoms with Crippen LogP contribution in [0.25, 0.3) is 94.3 Å². The first-order valence-electron chi connectivity index (χ1n) is 23.3. The number of hydrogen-bond donors (Lipinski definition) is 0. The van der Waals surface area contributed by atoms with E-state index in [1.54, 1.807) is 0 Å². The van der Waals surface area contributed by atoms with Gasteiger partial charge in [-0.3, -0.25) is 0 Å². The molecule has 12 aromatic rings. The van der Waals surface area contributed by atoms with E-state index in [2.05, 4.69) is 289 Å². The summed E-state index contributed by atoms with van der Waals surface area (Å²) in [6, 6.07) is 101. The van der Waals surface area contributed by atoms with E-state index in [-0.39, 0.29) is 0 Å². The van der Waals surface area contributed by atoms with Gasteiger partial charge in [-0.1, -0.05) is 200 Å². The fraction of sp³-hybridized carbons (Fsp3) is 0. The molecule has 0 unspecified atom stereocenters. The highest BCUT2D eigenvalue weighted by molar-refractivity contribution is 6.11. The Bertz CT molecular complexity index is 3470. The Labute approximate surface area is 397 Å². The Balaban J connectivity index is 0.860. The maximum absolute atomic E-state index is 2.41. The topological polar surface area (TPSA) is 8.17 Å². The monoisotopic (exact) mass is 866 g/mol. The van der Waals surface area contributed by atoms with Crippen LogP contribution in [0.5, 0.6) is 0 Å². The smallest absolute Gasteiger partial charge is 0.0541 e. The summed E-state index contributed by atoms with van der Waals surface area (Å²) in [5.41, 5.74) is 21.2. The van der Waals surface area contributed by atoms with Crippen molar-refractivity contribution in [3.8, 4) is 72.4 Å². The maximum atomic E-state index is 2.41. The second kappa shape index (κ2) is 17.8. The first kappa shape index (κ1) is 40.5. The molecule has 2 nitrogen and oxygen atoms in total. The number of anilines is 3. The Morgan fingerprint density at radius 3 is 0.838 bits per heavy atom. The third-order valence-corrected chi connectivity index (χ3v) is 13.2. The van der Waals surface area contributed by atoms with Crippen molar-refractivity contribution in [1.29, 1.82) is 0 Å². The zero-order valence-corrected chi connectivity index (χ0v) is 37.5. The minimum absolute atomic E-state index is 1.10. The molecule has 0 fully saturated rings. The van der Waals surface area contributed by atoms with Gasteiger partial charge < -0.3 is 9.47 Å². The molecule has 1 heterocycles.